The second-order valence-corrected chi connectivity index (χ2v) is 5.99. The van der Waals surface area contributed by atoms with E-state index in [9.17, 15) is 0 Å². The number of halogens is 1. The van der Waals surface area contributed by atoms with Gasteiger partial charge in [-0.25, -0.2) is 0 Å². The molecule has 5 unspecified atom stereocenters. The number of rotatable bonds is 2. The number of hydrogen-bond acceptors (Lipinski definition) is 5. The minimum Gasteiger partial charge on any atom is -0.381 e. The molecular formula is C13H20ClN3O2. The van der Waals surface area contributed by atoms with Crippen molar-refractivity contribution in [1.29, 1.82) is 0 Å². The van der Waals surface area contributed by atoms with Gasteiger partial charge in [0.25, 0.3) is 0 Å². The van der Waals surface area contributed by atoms with Gasteiger partial charge in [-0.2, -0.15) is 4.98 Å². The Kier molecular flexibility index (Phi) is 3.53. The Morgan fingerprint density at radius 2 is 2.00 bits per heavy atom. The third kappa shape index (κ3) is 2.08. The van der Waals surface area contributed by atoms with Crippen LogP contribution in [0.3, 0.4) is 0 Å². The van der Waals surface area contributed by atoms with Crippen LogP contribution in [0, 0.1) is 11.8 Å². The van der Waals surface area contributed by atoms with E-state index in [0.29, 0.717) is 23.7 Å². The fourth-order valence-electron chi connectivity index (χ4n) is 3.99. The Morgan fingerprint density at radius 1 is 1.16 bits per heavy atom. The van der Waals surface area contributed by atoms with Gasteiger partial charge in [0, 0.05) is 18.6 Å². The van der Waals surface area contributed by atoms with Crippen LogP contribution in [-0.4, -0.2) is 29.4 Å². The molecule has 0 spiro atoms. The predicted molar refractivity (Wildman–Crippen MR) is 71.3 cm³/mol. The SMILES string of the molecule is Cl.NC1C2CCC(C2)C1c1nc(C2CCOC2)no1. The van der Waals surface area contributed by atoms with Gasteiger partial charge in [-0.1, -0.05) is 5.16 Å². The van der Waals surface area contributed by atoms with Crippen LogP contribution in [-0.2, 0) is 4.74 Å². The molecule has 1 aromatic heterocycles. The first-order chi connectivity index (χ1) is 8.83. The highest BCUT2D eigenvalue weighted by Crippen LogP contribution is 2.51. The van der Waals surface area contributed by atoms with Crippen LogP contribution in [0.25, 0.3) is 0 Å². The van der Waals surface area contributed by atoms with Gasteiger partial charge in [0.1, 0.15) is 0 Å². The van der Waals surface area contributed by atoms with E-state index in [4.69, 9.17) is 15.0 Å². The lowest BCUT2D eigenvalue weighted by molar-refractivity contribution is 0.192. The van der Waals surface area contributed by atoms with E-state index in [2.05, 4.69) is 10.1 Å². The van der Waals surface area contributed by atoms with Gasteiger partial charge in [-0.3, -0.25) is 0 Å². The van der Waals surface area contributed by atoms with E-state index >= 15 is 0 Å². The lowest BCUT2D eigenvalue weighted by Gasteiger charge is -2.24. The number of aromatic nitrogens is 2. The van der Waals surface area contributed by atoms with Crippen LogP contribution < -0.4 is 5.73 Å². The maximum atomic E-state index is 6.31. The van der Waals surface area contributed by atoms with E-state index in [1.807, 2.05) is 0 Å². The molecule has 3 aliphatic rings. The lowest BCUT2D eigenvalue weighted by Crippen LogP contribution is -2.34. The molecule has 19 heavy (non-hydrogen) atoms. The maximum absolute atomic E-state index is 6.31. The zero-order valence-corrected chi connectivity index (χ0v) is 11.6. The van der Waals surface area contributed by atoms with Crippen LogP contribution in [0.1, 0.15) is 49.2 Å². The average molecular weight is 286 g/mol. The highest BCUT2D eigenvalue weighted by Gasteiger charge is 2.49. The second kappa shape index (κ2) is 5.04. The number of nitrogens with zero attached hydrogens (tertiary/aromatic N) is 2. The van der Waals surface area contributed by atoms with Crippen molar-refractivity contribution in [2.45, 2.75) is 43.6 Å². The first-order valence-corrected chi connectivity index (χ1v) is 7.00. The Morgan fingerprint density at radius 3 is 2.68 bits per heavy atom. The Hall–Kier alpha value is -0.650. The molecule has 5 nitrogen and oxygen atoms in total. The second-order valence-electron chi connectivity index (χ2n) is 5.99. The highest BCUT2D eigenvalue weighted by molar-refractivity contribution is 5.85. The third-order valence-electron chi connectivity index (χ3n) is 5.02. The van der Waals surface area contributed by atoms with Gasteiger partial charge in [0.2, 0.25) is 5.89 Å². The van der Waals surface area contributed by atoms with Gasteiger partial charge in [-0.15, -0.1) is 12.4 Å². The number of ether oxygens (including phenoxy) is 1. The number of fused-ring (bicyclic) bond motifs is 2. The Balaban J connectivity index is 0.00000110. The first kappa shape index (κ1) is 13.3. The molecule has 5 atom stereocenters. The van der Waals surface area contributed by atoms with Gasteiger partial charge in [0.05, 0.1) is 12.5 Å². The topological polar surface area (TPSA) is 74.2 Å². The molecular weight excluding hydrogens is 266 g/mol. The average Bonchev–Trinajstić information content (AvgIpc) is 3.13. The van der Waals surface area contributed by atoms with Gasteiger partial charge in [0.15, 0.2) is 5.82 Å². The van der Waals surface area contributed by atoms with Crippen LogP contribution in [0.2, 0.25) is 0 Å². The van der Waals surface area contributed by atoms with Crippen molar-refractivity contribution in [1.82, 2.24) is 10.1 Å². The van der Waals surface area contributed by atoms with Crippen molar-refractivity contribution < 1.29 is 9.26 Å². The van der Waals surface area contributed by atoms with Gasteiger partial charge in [-0.05, 0) is 37.5 Å². The van der Waals surface area contributed by atoms with Crippen LogP contribution in [0.15, 0.2) is 4.52 Å². The van der Waals surface area contributed by atoms with Crippen LogP contribution in [0.5, 0.6) is 0 Å². The molecule has 0 radical (unpaired) electrons. The summed E-state index contributed by atoms with van der Waals surface area (Å²) >= 11 is 0. The smallest absolute Gasteiger partial charge is 0.231 e. The molecule has 2 saturated carbocycles. The maximum Gasteiger partial charge on any atom is 0.231 e. The summed E-state index contributed by atoms with van der Waals surface area (Å²) in [5.41, 5.74) is 6.31. The molecule has 1 aromatic rings. The van der Waals surface area contributed by atoms with E-state index in [-0.39, 0.29) is 18.4 Å². The van der Waals surface area contributed by atoms with Crippen LogP contribution in [0.4, 0.5) is 0 Å². The van der Waals surface area contributed by atoms with Crippen molar-refractivity contribution in [3.63, 3.8) is 0 Å². The Labute approximate surface area is 118 Å². The molecule has 106 valence electrons. The molecule has 3 fully saturated rings. The van der Waals surface area contributed by atoms with Crippen molar-refractivity contribution in [3.8, 4) is 0 Å². The summed E-state index contributed by atoms with van der Waals surface area (Å²) in [6.45, 7) is 1.53. The van der Waals surface area contributed by atoms with E-state index in [0.717, 1.165) is 31.3 Å². The fraction of sp³-hybridized carbons (Fsp3) is 0.846. The largest absolute Gasteiger partial charge is 0.381 e. The molecule has 2 bridgehead atoms. The summed E-state index contributed by atoms with van der Waals surface area (Å²) < 4.78 is 10.9. The molecule has 1 aliphatic heterocycles. The molecule has 0 aromatic carbocycles. The normalized spacial score (nSPS) is 40.6. The van der Waals surface area contributed by atoms with Gasteiger partial charge < -0.3 is 15.0 Å². The van der Waals surface area contributed by atoms with Gasteiger partial charge >= 0.3 is 0 Å². The molecule has 0 amide bonds. The summed E-state index contributed by atoms with van der Waals surface area (Å²) in [4.78, 5) is 4.61. The lowest BCUT2D eigenvalue weighted by atomic mass is 9.85. The highest BCUT2D eigenvalue weighted by atomic mass is 35.5. The molecule has 2 aliphatic carbocycles. The summed E-state index contributed by atoms with van der Waals surface area (Å²) in [5.74, 6) is 3.54. The van der Waals surface area contributed by atoms with Crippen LogP contribution >= 0.6 is 12.4 Å². The predicted octanol–water partition coefficient (Wildman–Crippen LogP) is 1.84. The molecule has 4 rings (SSSR count). The number of nitrogens with two attached hydrogens (primary N) is 1. The summed E-state index contributed by atoms with van der Waals surface area (Å²) in [6, 6.07) is 0.219. The summed E-state index contributed by atoms with van der Waals surface area (Å²) in [7, 11) is 0. The van der Waals surface area contributed by atoms with E-state index in [1.165, 1.54) is 19.3 Å². The molecule has 2 heterocycles. The Bertz CT molecular complexity index is 445. The fourth-order valence-corrected chi connectivity index (χ4v) is 3.99. The quantitative estimate of drug-likeness (QED) is 0.897. The monoisotopic (exact) mass is 285 g/mol. The summed E-state index contributed by atoms with van der Waals surface area (Å²) in [6.07, 6.45) is 4.80. The van der Waals surface area contributed by atoms with Crippen molar-refractivity contribution >= 4 is 12.4 Å². The molecule has 6 heteroatoms. The minimum absolute atomic E-state index is 0. The molecule has 1 saturated heterocycles. The standard InChI is InChI=1S/C13H19N3O2.ClH/c14-11-8-2-1-7(5-8)10(11)13-15-12(16-18-13)9-3-4-17-6-9;/h7-11H,1-6,14H2;1H. The first-order valence-electron chi connectivity index (χ1n) is 7.00. The minimum atomic E-state index is 0. The van der Waals surface area contributed by atoms with Crippen molar-refractivity contribution in [2.24, 2.45) is 17.6 Å². The summed E-state index contributed by atoms with van der Waals surface area (Å²) in [5, 5.41) is 4.14. The van der Waals surface area contributed by atoms with E-state index in [1.54, 1.807) is 0 Å². The third-order valence-corrected chi connectivity index (χ3v) is 5.02. The molecule has 2 N–H and O–H groups in total. The zero-order valence-electron chi connectivity index (χ0n) is 10.8. The van der Waals surface area contributed by atoms with E-state index < -0.39 is 0 Å². The number of hydrogen-bond donors (Lipinski definition) is 1. The van der Waals surface area contributed by atoms with Crippen molar-refractivity contribution in [2.75, 3.05) is 13.2 Å². The zero-order chi connectivity index (χ0) is 12.1. The van der Waals surface area contributed by atoms with Crippen molar-refractivity contribution in [3.05, 3.63) is 11.7 Å².